The number of Topliss-reactive ketones (excluding diaryl/α,β-unsaturated/α-hetero) is 1. The van der Waals surface area contributed by atoms with Crippen molar-refractivity contribution in [2.45, 2.75) is 13.0 Å². The molecule has 1 aliphatic heterocycles. The number of morpholine rings is 1. The normalized spacial score (nSPS) is 15.2. The molecule has 4 aromatic rings. The van der Waals surface area contributed by atoms with Gasteiger partial charge in [-0.25, -0.2) is 0 Å². The van der Waals surface area contributed by atoms with E-state index in [-0.39, 0.29) is 24.0 Å². The number of hydrogen-bond donors (Lipinski definition) is 0. The summed E-state index contributed by atoms with van der Waals surface area (Å²) in [6.07, 6.45) is -0.431. The number of hydrogen-bond acceptors (Lipinski definition) is 8. The van der Waals surface area contributed by atoms with Gasteiger partial charge in [0.1, 0.15) is 18.4 Å². The maximum Gasteiger partial charge on any atom is 0.257 e. The standard InChI is InChI=1S/C30H29N3O6/c1-19(34)22-13-14-25(36-2)29(37-3)28(22)39-18-21-17-33(15-16-38-21)30(35)26-23-11-7-8-12-24(23)31-32-27(26)20-9-5-4-6-10-20/h4-14,21H,15-18H2,1-3H3. The quantitative estimate of drug-likeness (QED) is 0.310. The van der Waals surface area contributed by atoms with E-state index in [0.717, 1.165) is 10.9 Å². The van der Waals surface area contributed by atoms with E-state index in [9.17, 15) is 9.59 Å². The van der Waals surface area contributed by atoms with Crippen LogP contribution in [0.4, 0.5) is 0 Å². The highest BCUT2D eigenvalue weighted by Crippen LogP contribution is 2.40. The fourth-order valence-corrected chi connectivity index (χ4v) is 4.73. The minimum atomic E-state index is -0.431. The number of benzene rings is 3. The molecule has 9 heteroatoms. The summed E-state index contributed by atoms with van der Waals surface area (Å²) in [6, 6.07) is 20.4. The Morgan fingerprint density at radius 2 is 1.72 bits per heavy atom. The molecule has 200 valence electrons. The first-order valence-electron chi connectivity index (χ1n) is 12.6. The third-order valence-corrected chi connectivity index (χ3v) is 6.65. The molecule has 1 aromatic heterocycles. The summed E-state index contributed by atoms with van der Waals surface area (Å²) in [5, 5.41) is 9.54. The minimum absolute atomic E-state index is 0.106. The Balaban J connectivity index is 1.42. The van der Waals surface area contributed by atoms with E-state index in [1.807, 2.05) is 54.6 Å². The summed E-state index contributed by atoms with van der Waals surface area (Å²) < 4.78 is 22.9. The van der Waals surface area contributed by atoms with Gasteiger partial charge in [-0.1, -0.05) is 48.5 Å². The van der Waals surface area contributed by atoms with Crippen LogP contribution in [0, 0.1) is 0 Å². The number of methoxy groups -OCH3 is 2. The molecule has 5 rings (SSSR count). The molecule has 0 radical (unpaired) electrons. The van der Waals surface area contributed by atoms with E-state index in [1.54, 1.807) is 17.0 Å². The number of ether oxygens (including phenoxy) is 4. The number of ketones is 1. The van der Waals surface area contributed by atoms with E-state index in [2.05, 4.69) is 10.2 Å². The van der Waals surface area contributed by atoms with Crippen LogP contribution < -0.4 is 14.2 Å². The van der Waals surface area contributed by atoms with Gasteiger partial charge in [0.15, 0.2) is 17.3 Å². The van der Waals surface area contributed by atoms with E-state index < -0.39 is 6.10 Å². The first kappa shape index (κ1) is 26.1. The molecule has 1 aliphatic rings. The Morgan fingerprint density at radius 3 is 2.46 bits per heavy atom. The van der Waals surface area contributed by atoms with Crippen molar-refractivity contribution >= 4 is 22.6 Å². The van der Waals surface area contributed by atoms with Crippen LogP contribution in [0.5, 0.6) is 17.2 Å². The van der Waals surface area contributed by atoms with Crippen molar-refractivity contribution in [3.05, 3.63) is 77.9 Å². The topological polar surface area (TPSA) is 100 Å². The zero-order valence-electron chi connectivity index (χ0n) is 22.0. The average Bonchev–Trinajstić information content (AvgIpc) is 2.98. The van der Waals surface area contributed by atoms with Crippen molar-refractivity contribution in [1.82, 2.24) is 15.1 Å². The van der Waals surface area contributed by atoms with E-state index in [0.29, 0.717) is 53.5 Å². The number of carbonyl (C=O) groups excluding carboxylic acids is 2. The van der Waals surface area contributed by atoms with E-state index >= 15 is 0 Å². The number of fused-ring (bicyclic) bond motifs is 1. The van der Waals surface area contributed by atoms with Gasteiger partial charge in [0.2, 0.25) is 5.75 Å². The monoisotopic (exact) mass is 527 g/mol. The Kier molecular flexibility index (Phi) is 7.69. The van der Waals surface area contributed by atoms with Crippen LogP contribution in [-0.4, -0.2) is 73.4 Å². The molecule has 1 saturated heterocycles. The van der Waals surface area contributed by atoms with Crippen LogP contribution >= 0.6 is 0 Å². The Morgan fingerprint density at radius 1 is 0.949 bits per heavy atom. The molecule has 9 nitrogen and oxygen atoms in total. The van der Waals surface area contributed by atoms with Crippen molar-refractivity contribution in [2.75, 3.05) is 40.5 Å². The summed E-state index contributed by atoms with van der Waals surface area (Å²) in [6.45, 7) is 2.62. The predicted molar refractivity (Wildman–Crippen MR) is 146 cm³/mol. The molecule has 1 amide bonds. The van der Waals surface area contributed by atoms with Crippen molar-refractivity contribution in [2.24, 2.45) is 0 Å². The van der Waals surface area contributed by atoms with Crippen LogP contribution in [0.3, 0.4) is 0 Å². The number of rotatable bonds is 8. The van der Waals surface area contributed by atoms with Crippen LogP contribution in [0.25, 0.3) is 22.2 Å². The highest BCUT2D eigenvalue weighted by Gasteiger charge is 2.30. The summed E-state index contributed by atoms with van der Waals surface area (Å²) in [5.74, 6) is 0.738. The molecule has 1 unspecified atom stereocenters. The smallest absolute Gasteiger partial charge is 0.257 e. The van der Waals surface area contributed by atoms with Gasteiger partial charge in [0.25, 0.3) is 5.91 Å². The lowest BCUT2D eigenvalue weighted by atomic mass is 10.0. The van der Waals surface area contributed by atoms with E-state index in [4.69, 9.17) is 18.9 Å². The second kappa shape index (κ2) is 11.5. The molecule has 0 bridgehead atoms. The van der Waals surface area contributed by atoms with Crippen molar-refractivity contribution in [3.8, 4) is 28.5 Å². The number of amides is 1. The fraction of sp³-hybridized carbons (Fsp3) is 0.267. The van der Waals surface area contributed by atoms with Gasteiger partial charge in [0.05, 0.1) is 44.0 Å². The molecule has 2 heterocycles. The van der Waals surface area contributed by atoms with Crippen LogP contribution in [-0.2, 0) is 4.74 Å². The van der Waals surface area contributed by atoms with Gasteiger partial charge >= 0.3 is 0 Å². The number of carbonyl (C=O) groups is 2. The molecule has 1 atom stereocenters. The lowest BCUT2D eigenvalue weighted by Crippen LogP contribution is -2.47. The molecule has 0 aliphatic carbocycles. The minimum Gasteiger partial charge on any atom is -0.493 e. The largest absolute Gasteiger partial charge is 0.493 e. The summed E-state index contributed by atoms with van der Waals surface area (Å²) in [7, 11) is 3.01. The molecule has 0 saturated carbocycles. The first-order valence-corrected chi connectivity index (χ1v) is 12.6. The molecule has 0 N–H and O–H groups in total. The molecular formula is C30H29N3O6. The van der Waals surface area contributed by atoms with Gasteiger partial charge in [0, 0.05) is 17.5 Å². The van der Waals surface area contributed by atoms with Gasteiger partial charge < -0.3 is 23.8 Å². The molecule has 3 aromatic carbocycles. The zero-order chi connectivity index (χ0) is 27.4. The maximum absolute atomic E-state index is 14.0. The lowest BCUT2D eigenvalue weighted by molar-refractivity contribution is -0.0404. The average molecular weight is 528 g/mol. The summed E-state index contributed by atoms with van der Waals surface area (Å²) >= 11 is 0. The highest BCUT2D eigenvalue weighted by molar-refractivity contribution is 6.10. The molecule has 0 spiro atoms. The molecule has 39 heavy (non-hydrogen) atoms. The van der Waals surface area contributed by atoms with Crippen LogP contribution in [0.15, 0.2) is 66.7 Å². The Labute approximate surface area is 226 Å². The second-order valence-electron chi connectivity index (χ2n) is 9.10. The first-order chi connectivity index (χ1) is 19.0. The predicted octanol–water partition coefficient (Wildman–Crippen LogP) is 4.44. The van der Waals surface area contributed by atoms with Gasteiger partial charge in [-0.15, -0.1) is 10.2 Å². The Hall–Kier alpha value is -4.50. The Bertz CT molecular complexity index is 1510. The summed E-state index contributed by atoms with van der Waals surface area (Å²) in [4.78, 5) is 28.1. The van der Waals surface area contributed by atoms with Gasteiger partial charge in [-0.3, -0.25) is 9.59 Å². The zero-order valence-corrected chi connectivity index (χ0v) is 22.0. The third kappa shape index (κ3) is 5.26. The SMILES string of the molecule is COc1ccc(C(C)=O)c(OCC2CN(C(=O)c3c(-c4ccccc4)nnc4ccccc34)CCO2)c1OC. The lowest BCUT2D eigenvalue weighted by Gasteiger charge is -2.33. The number of nitrogens with zero attached hydrogens (tertiary/aromatic N) is 3. The molecular weight excluding hydrogens is 498 g/mol. The van der Waals surface area contributed by atoms with Crippen LogP contribution in [0.2, 0.25) is 0 Å². The van der Waals surface area contributed by atoms with E-state index in [1.165, 1.54) is 21.1 Å². The van der Waals surface area contributed by atoms with Crippen molar-refractivity contribution < 1.29 is 28.5 Å². The third-order valence-electron chi connectivity index (χ3n) is 6.65. The second-order valence-corrected chi connectivity index (χ2v) is 9.10. The van der Waals surface area contributed by atoms with Crippen molar-refractivity contribution in [1.29, 1.82) is 0 Å². The van der Waals surface area contributed by atoms with Gasteiger partial charge in [-0.2, -0.15) is 0 Å². The fourth-order valence-electron chi connectivity index (χ4n) is 4.73. The summed E-state index contributed by atoms with van der Waals surface area (Å²) in [5.41, 5.74) is 2.87. The highest BCUT2D eigenvalue weighted by atomic mass is 16.6. The number of aromatic nitrogens is 2. The van der Waals surface area contributed by atoms with Gasteiger partial charge in [-0.05, 0) is 25.1 Å². The van der Waals surface area contributed by atoms with Crippen molar-refractivity contribution in [3.63, 3.8) is 0 Å². The van der Waals surface area contributed by atoms with Crippen LogP contribution in [0.1, 0.15) is 27.6 Å². The molecule has 1 fully saturated rings. The maximum atomic E-state index is 14.0.